The fourth-order valence-corrected chi connectivity index (χ4v) is 3.10. The molecule has 0 spiro atoms. The lowest BCUT2D eigenvalue weighted by atomic mass is 10.1. The molecule has 2 N–H and O–H groups in total. The number of nitrogens with one attached hydrogen (secondary N) is 2. The zero-order chi connectivity index (χ0) is 21.4. The molecule has 0 saturated carbocycles. The number of ether oxygens (including phenoxy) is 1. The highest BCUT2D eigenvalue weighted by molar-refractivity contribution is 5.99. The molecule has 0 aliphatic carbocycles. The van der Waals surface area contributed by atoms with E-state index in [1.807, 2.05) is 0 Å². The maximum Gasteiger partial charge on any atom is 0.256 e. The molecule has 0 saturated heterocycles. The van der Waals surface area contributed by atoms with Gasteiger partial charge in [0.25, 0.3) is 5.91 Å². The fourth-order valence-electron chi connectivity index (χ4n) is 3.10. The summed E-state index contributed by atoms with van der Waals surface area (Å²) in [5, 5.41) is 9.92. The van der Waals surface area contributed by atoms with Gasteiger partial charge in [0.1, 0.15) is 29.3 Å². The summed E-state index contributed by atoms with van der Waals surface area (Å²) in [6.07, 6.45) is 3.55. The van der Waals surface area contributed by atoms with Crippen molar-refractivity contribution in [3.63, 3.8) is 0 Å². The Kier molecular flexibility index (Phi) is 4.94. The van der Waals surface area contributed by atoms with Gasteiger partial charge in [0.05, 0.1) is 18.9 Å². The van der Waals surface area contributed by atoms with Crippen LogP contribution in [0, 0.1) is 5.82 Å². The van der Waals surface area contributed by atoms with Crippen LogP contribution in [-0.4, -0.2) is 63.0 Å². The number of carbonyl (C=O) groups is 2. The van der Waals surface area contributed by atoms with Gasteiger partial charge in [0, 0.05) is 25.9 Å². The van der Waals surface area contributed by atoms with Crippen LogP contribution in [0.3, 0.4) is 0 Å². The molecule has 10 nitrogen and oxygen atoms in total. The van der Waals surface area contributed by atoms with Crippen LogP contribution in [0.15, 0.2) is 30.7 Å². The molecule has 2 amide bonds. The SMILES string of the molecule is C[C@H]1CNC(=O)c2cnn3ccc(nc23)NC(C(=O)N(C)C)c2cc(F)cnc2O1. The van der Waals surface area contributed by atoms with Crippen LogP contribution in [0.5, 0.6) is 5.88 Å². The molecule has 1 unspecified atom stereocenters. The van der Waals surface area contributed by atoms with E-state index in [1.165, 1.54) is 21.7 Å². The van der Waals surface area contributed by atoms with E-state index in [-0.39, 0.29) is 35.4 Å². The van der Waals surface area contributed by atoms with Crippen molar-refractivity contribution in [2.45, 2.75) is 19.1 Å². The first-order valence-electron chi connectivity index (χ1n) is 9.26. The van der Waals surface area contributed by atoms with Crippen LogP contribution >= 0.6 is 0 Å². The van der Waals surface area contributed by atoms with E-state index in [0.29, 0.717) is 11.5 Å². The predicted octanol–water partition coefficient (Wildman–Crippen LogP) is 1.02. The molecule has 3 aromatic rings. The van der Waals surface area contributed by atoms with Gasteiger partial charge in [0.15, 0.2) is 5.65 Å². The zero-order valence-corrected chi connectivity index (χ0v) is 16.6. The normalized spacial score (nSPS) is 18.9. The molecule has 0 radical (unpaired) electrons. The molecular weight excluding hydrogens is 393 g/mol. The largest absolute Gasteiger partial charge is 0.473 e. The Labute approximate surface area is 171 Å². The Morgan fingerprint density at radius 3 is 2.93 bits per heavy atom. The van der Waals surface area contributed by atoms with Crippen molar-refractivity contribution >= 4 is 23.3 Å². The molecule has 1 aliphatic rings. The van der Waals surface area contributed by atoms with Gasteiger partial charge < -0.3 is 20.3 Å². The maximum absolute atomic E-state index is 14.1. The van der Waals surface area contributed by atoms with Crippen LogP contribution in [-0.2, 0) is 4.79 Å². The first-order valence-corrected chi connectivity index (χ1v) is 9.26. The van der Waals surface area contributed by atoms with Gasteiger partial charge >= 0.3 is 0 Å². The van der Waals surface area contributed by atoms with Crippen LogP contribution in [0.25, 0.3) is 5.65 Å². The summed E-state index contributed by atoms with van der Waals surface area (Å²) in [5.74, 6) is -0.923. The van der Waals surface area contributed by atoms with Gasteiger partial charge in [-0.05, 0) is 19.1 Å². The van der Waals surface area contributed by atoms with Crippen LogP contribution in [0.2, 0.25) is 0 Å². The number of nitrogens with zero attached hydrogens (tertiary/aromatic N) is 5. The minimum Gasteiger partial charge on any atom is -0.473 e. The second kappa shape index (κ2) is 7.58. The predicted molar refractivity (Wildman–Crippen MR) is 105 cm³/mol. The topological polar surface area (TPSA) is 114 Å². The molecule has 11 heteroatoms. The number of hydrogen-bond donors (Lipinski definition) is 2. The van der Waals surface area contributed by atoms with Gasteiger partial charge in [-0.1, -0.05) is 0 Å². The molecule has 1 aliphatic heterocycles. The number of halogens is 1. The van der Waals surface area contributed by atoms with Gasteiger partial charge in [-0.15, -0.1) is 0 Å². The first-order chi connectivity index (χ1) is 14.3. The molecule has 3 aromatic heterocycles. The highest BCUT2D eigenvalue weighted by Crippen LogP contribution is 2.29. The third-order valence-corrected chi connectivity index (χ3v) is 4.61. The van der Waals surface area contributed by atoms with Crippen molar-refractivity contribution in [3.05, 3.63) is 47.7 Å². The number of hydrogen-bond acceptors (Lipinski definition) is 7. The van der Waals surface area contributed by atoms with E-state index in [4.69, 9.17) is 4.74 Å². The number of carbonyl (C=O) groups excluding carboxylic acids is 2. The fraction of sp³-hybridized carbons (Fsp3) is 0.316. The monoisotopic (exact) mass is 413 g/mol. The molecule has 0 fully saturated rings. The molecule has 30 heavy (non-hydrogen) atoms. The number of pyridine rings is 1. The quantitative estimate of drug-likeness (QED) is 0.612. The molecule has 4 rings (SSSR count). The van der Waals surface area contributed by atoms with E-state index < -0.39 is 18.0 Å². The van der Waals surface area contributed by atoms with Crippen LogP contribution in [0.1, 0.15) is 28.9 Å². The first kappa shape index (κ1) is 19.6. The summed E-state index contributed by atoms with van der Waals surface area (Å²) < 4.78 is 21.4. The number of aromatic nitrogens is 4. The van der Waals surface area contributed by atoms with E-state index in [0.717, 1.165) is 6.20 Å². The summed E-state index contributed by atoms with van der Waals surface area (Å²) in [7, 11) is 3.19. The minimum absolute atomic E-state index is 0.0918. The van der Waals surface area contributed by atoms with Crippen LogP contribution in [0.4, 0.5) is 10.2 Å². The Bertz CT molecular complexity index is 1130. The van der Waals surface area contributed by atoms with Crippen molar-refractivity contribution < 1.29 is 18.7 Å². The molecule has 4 heterocycles. The molecule has 2 atom stereocenters. The Morgan fingerprint density at radius 1 is 1.37 bits per heavy atom. The number of amides is 2. The molecular formula is C19H20FN7O3. The average molecular weight is 413 g/mol. The standard InChI is InChI=1S/C19H20FN7O3/c1-10-7-21-17(28)13-9-23-27-5-4-14(25-16(13)27)24-15(19(29)26(2)3)12-6-11(20)8-22-18(12)30-10/h4-6,8-10,15H,7H2,1-3H3,(H,21,28)(H,24,25)/t10-,15?/m0/s1. The van der Waals surface area contributed by atoms with Gasteiger partial charge in [-0.2, -0.15) is 5.10 Å². The van der Waals surface area contributed by atoms with E-state index in [2.05, 4.69) is 25.7 Å². The van der Waals surface area contributed by atoms with Crippen LogP contribution < -0.4 is 15.4 Å². The smallest absolute Gasteiger partial charge is 0.256 e. The van der Waals surface area contributed by atoms with Crippen molar-refractivity contribution in [2.24, 2.45) is 0 Å². The Balaban J connectivity index is 1.89. The highest BCUT2D eigenvalue weighted by atomic mass is 19.1. The third-order valence-electron chi connectivity index (χ3n) is 4.61. The van der Waals surface area contributed by atoms with Crippen molar-refractivity contribution in [1.82, 2.24) is 29.8 Å². The summed E-state index contributed by atoms with van der Waals surface area (Å²) >= 11 is 0. The number of fused-ring (bicyclic) bond motifs is 2. The molecule has 0 aromatic carbocycles. The van der Waals surface area contributed by atoms with Crippen molar-refractivity contribution in [2.75, 3.05) is 26.0 Å². The second-order valence-electron chi connectivity index (χ2n) is 7.14. The third kappa shape index (κ3) is 3.61. The summed E-state index contributed by atoms with van der Waals surface area (Å²) in [6, 6.07) is 1.79. The van der Waals surface area contributed by atoms with E-state index in [1.54, 1.807) is 33.3 Å². The molecule has 2 bridgehead atoms. The summed E-state index contributed by atoms with van der Waals surface area (Å²) in [4.78, 5) is 35.4. The summed E-state index contributed by atoms with van der Waals surface area (Å²) in [6.45, 7) is 1.89. The number of likely N-dealkylation sites (N-methyl/N-ethyl adjacent to an activating group) is 1. The Morgan fingerprint density at radius 2 is 2.17 bits per heavy atom. The minimum atomic E-state index is -1.02. The van der Waals surface area contributed by atoms with Crippen molar-refractivity contribution in [1.29, 1.82) is 0 Å². The second-order valence-corrected chi connectivity index (χ2v) is 7.14. The Hall–Kier alpha value is -3.76. The lowest BCUT2D eigenvalue weighted by Gasteiger charge is -2.25. The van der Waals surface area contributed by atoms with Gasteiger partial charge in [0.2, 0.25) is 11.8 Å². The van der Waals surface area contributed by atoms with E-state index in [9.17, 15) is 14.0 Å². The lowest BCUT2D eigenvalue weighted by Crippen LogP contribution is -2.35. The van der Waals surface area contributed by atoms with Crippen molar-refractivity contribution in [3.8, 4) is 5.88 Å². The average Bonchev–Trinajstić information content (AvgIpc) is 3.14. The lowest BCUT2D eigenvalue weighted by molar-refractivity contribution is -0.129. The van der Waals surface area contributed by atoms with E-state index >= 15 is 0 Å². The zero-order valence-electron chi connectivity index (χ0n) is 16.6. The highest BCUT2D eigenvalue weighted by Gasteiger charge is 2.29. The summed E-state index contributed by atoms with van der Waals surface area (Å²) in [5.41, 5.74) is 0.822. The number of anilines is 1. The number of rotatable bonds is 1. The maximum atomic E-state index is 14.1. The van der Waals surface area contributed by atoms with Gasteiger partial charge in [-0.25, -0.2) is 18.9 Å². The van der Waals surface area contributed by atoms with Gasteiger partial charge in [-0.3, -0.25) is 9.59 Å². The molecule has 156 valence electrons.